The van der Waals surface area contributed by atoms with E-state index in [0.717, 1.165) is 24.8 Å². The number of amides is 1. The molecule has 1 saturated heterocycles. The Morgan fingerprint density at radius 1 is 1.29 bits per heavy atom. The summed E-state index contributed by atoms with van der Waals surface area (Å²) in [4.78, 5) is 14.7. The van der Waals surface area contributed by atoms with Crippen molar-refractivity contribution in [1.82, 2.24) is 4.90 Å². The van der Waals surface area contributed by atoms with Crippen LogP contribution in [0.15, 0.2) is 30.3 Å². The van der Waals surface area contributed by atoms with E-state index in [-0.39, 0.29) is 11.8 Å². The van der Waals surface area contributed by atoms with E-state index >= 15 is 0 Å². The van der Waals surface area contributed by atoms with E-state index in [4.69, 9.17) is 0 Å². The lowest BCUT2D eigenvalue weighted by Crippen LogP contribution is -2.64. The molecule has 2 rings (SSSR count). The minimum absolute atomic E-state index is 0.0950. The average molecular weight is 289 g/mol. The van der Waals surface area contributed by atoms with Crippen molar-refractivity contribution in [2.45, 2.75) is 51.6 Å². The molecule has 21 heavy (non-hydrogen) atoms. The lowest BCUT2D eigenvalue weighted by atomic mass is 9.81. The summed E-state index contributed by atoms with van der Waals surface area (Å²) in [5.41, 5.74) is 0.434. The maximum absolute atomic E-state index is 12.8. The summed E-state index contributed by atoms with van der Waals surface area (Å²) in [6, 6.07) is 10.0. The van der Waals surface area contributed by atoms with Gasteiger partial charge in [0.25, 0.3) is 0 Å². The van der Waals surface area contributed by atoms with Crippen LogP contribution in [0.25, 0.3) is 0 Å². The van der Waals surface area contributed by atoms with Gasteiger partial charge in [-0.2, -0.15) is 0 Å². The number of nitrogens with zero attached hydrogens (tertiary/aromatic N) is 1. The molecule has 1 fully saturated rings. The van der Waals surface area contributed by atoms with Gasteiger partial charge in [-0.25, -0.2) is 0 Å². The Morgan fingerprint density at radius 2 is 1.90 bits per heavy atom. The quantitative estimate of drug-likeness (QED) is 0.873. The third-order valence-electron chi connectivity index (χ3n) is 4.64. The van der Waals surface area contributed by atoms with Gasteiger partial charge in [0.05, 0.1) is 24.6 Å². The van der Waals surface area contributed by atoms with Crippen LogP contribution < -0.4 is 0 Å². The van der Waals surface area contributed by atoms with Crippen molar-refractivity contribution in [2.75, 3.05) is 13.1 Å². The Morgan fingerprint density at radius 3 is 2.43 bits per heavy atom. The topological polar surface area (TPSA) is 40.5 Å². The Hall–Kier alpha value is -1.35. The van der Waals surface area contributed by atoms with E-state index in [9.17, 15) is 9.90 Å². The Labute approximate surface area is 128 Å². The Kier molecular flexibility index (Phi) is 5.04. The molecule has 1 aliphatic rings. The SMILES string of the molecule is CCCC1(O)CN(C(=O)C(c2ccccc2)C(C)CC)C1. The molecule has 1 aromatic carbocycles. The van der Waals surface area contributed by atoms with E-state index in [1.165, 1.54) is 0 Å². The molecule has 2 atom stereocenters. The molecule has 116 valence electrons. The van der Waals surface area contributed by atoms with Crippen molar-refractivity contribution in [1.29, 1.82) is 0 Å². The highest BCUT2D eigenvalue weighted by molar-refractivity contribution is 5.85. The van der Waals surface area contributed by atoms with Crippen molar-refractivity contribution in [3.8, 4) is 0 Å². The van der Waals surface area contributed by atoms with Gasteiger partial charge in [0.15, 0.2) is 0 Å². The van der Waals surface area contributed by atoms with Gasteiger partial charge in [0.1, 0.15) is 0 Å². The Balaban J connectivity index is 2.11. The number of carbonyl (C=O) groups is 1. The van der Waals surface area contributed by atoms with Crippen LogP contribution in [0.3, 0.4) is 0 Å². The largest absolute Gasteiger partial charge is 0.386 e. The summed E-state index contributed by atoms with van der Waals surface area (Å²) in [5.74, 6) is 0.374. The first-order valence-electron chi connectivity index (χ1n) is 8.07. The van der Waals surface area contributed by atoms with Crippen molar-refractivity contribution in [3.05, 3.63) is 35.9 Å². The minimum atomic E-state index is -0.652. The van der Waals surface area contributed by atoms with E-state index in [0.29, 0.717) is 19.0 Å². The predicted molar refractivity (Wildman–Crippen MR) is 85.1 cm³/mol. The van der Waals surface area contributed by atoms with E-state index < -0.39 is 5.60 Å². The van der Waals surface area contributed by atoms with E-state index in [1.54, 1.807) is 0 Å². The number of likely N-dealkylation sites (tertiary alicyclic amines) is 1. The van der Waals surface area contributed by atoms with E-state index in [2.05, 4.69) is 20.8 Å². The summed E-state index contributed by atoms with van der Waals surface area (Å²) in [6.45, 7) is 7.29. The van der Waals surface area contributed by atoms with Crippen LogP contribution in [0.2, 0.25) is 0 Å². The Bertz CT molecular complexity index is 465. The lowest BCUT2D eigenvalue weighted by molar-refractivity contribution is -0.159. The summed E-state index contributed by atoms with van der Waals surface area (Å²) >= 11 is 0. The van der Waals surface area contributed by atoms with Crippen molar-refractivity contribution >= 4 is 5.91 Å². The molecule has 0 spiro atoms. The zero-order chi connectivity index (χ0) is 15.5. The first kappa shape index (κ1) is 16.0. The fourth-order valence-corrected chi connectivity index (χ4v) is 3.25. The highest BCUT2D eigenvalue weighted by Gasteiger charge is 2.45. The summed E-state index contributed by atoms with van der Waals surface area (Å²) in [5, 5.41) is 10.3. The number of rotatable bonds is 6. The van der Waals surface area contributed by atoms with Gasteiger partial charge in [-0.05, 0) is 17.9 Å². The summed E-state index contributed by atoms with van der Waals surface area (Å²) in [7, 11) is 0. The average Bonchev–Trinajstić information content (AvgIpc) is 2.46. The molecule has 0 aliphatic carbocycles. The number of β-amino-alcohol motifs (C(OH)–C–C–N with tert-alkyl or cyclic N) is 1. The molecule has 3 heteroatoms. The van der Waals surface area contributed by atoms with Gasteiger partial charge in [0.2, 0.25) is 5.91 Å². The third-order valence-corrected chi connectivity index (χ3v) is 4.64. The standard InChI is InChI=1S/C18H27NO2/c1-4-11-18(21)12-19(13-18)17(20)16(14(3)5-2)15-9-7-6-8-10-15/h6-10,14,16,21H,4-5,11-13H2,1-3H3. The molecule has 0 saturated carbocycles. The van der Waals surface area contributed by atoms with Crippen LogP contribution in [0, 0.1) is 5.92 Å². The van der Waals surface area contributed by atoms with Crippen LogP contribution >= 0.6 is 0 Å². The number of hydrogen-bond acceptors (Lipinski definition) is 2. The van der Waals surface area contributed by atoms with Crippen LogP contribution in [0.4, 0.5) is 0 Å². The maximum atomic E-state index is 12.8. The predicted octanol–water partition coefficient (Wildman–Crippen LogP) is 3.19. The molecule has 3 nitrogen and oxygen atoms in total. The minimum Gasteiger partial charge on any atom is -0.386 e. The van der Waals surface area contributed by atoms with Crippen LogP contribution in [-0.2, 0) is 4.79 Å². The number of benzene rings is 1. The van der Waals surface area contributed by atoms with Crippen molar-refractivity contribution in [3.63, 3.8) is 0 Å². The van der Waals surface area contributed by atoms with Gasteiger partial charge in [-0.3, -0.25) is 4.79 Å². The molecule has 1 aromatic rings. The third kappa shape index (κ3) is 3.46. The molecule has 2 unspecified atom stereocenters. The van der Waals surface area contributed by atoms with Gasteiger partial charge < -0.3 is 10.0 Å². The molecule has 1 heterocycles. The maximum Gasteiger partial charge on any atom is 0.230 e. The first-order chi connectivity index (χ1) is 10.0. The van der Waals surface area contributed by atoms with Crippen LogP contribution in [0.1, 0.15) is 51.5 Å². The lowest BCUT2D eigenvalue weighted by Gasteiger charge is -2.48. The number of aliphatic hydroxyl groups is 1. The highest BCUT2D eigenvalue weighted by Crippen LogP contribution is 2.34. The molecule has 0 aromatic heterocycles. The highest BCUT2D eigenvalue weighted by atomic mass is 16.3. The zero-order valence-electron chi connectivity index (χ0n) is 13.4. The molecular weight excluding hydrogens is 262 g/mol. The number of hydrogen-bond donors (Lipinski definition) is 1. The molecule has 1 aliphatic heterocycles. The van der Waals surface area contributed by atoms with Gasteiger partial charge in [0, 0.05) is 0 Å². The second kappa shape index (κ2) is 6.61. The zero-order valence-corrected chi connectivity index (χ0v) is 13.4. The summed E-state index contributed by atoms with van der Waals surface area (Å²) < 4.78 is 0. The smallest absolute Gasteiger partial charge is 0.230 e. The monoisotopic (exact) mass is 289 g/mol. The first-order valence-corrected chi connectivity index (χ1v) is 8.07. The van der Waals surface area contributed by atoms with Crippen molar-refractivity contribution in [2.24, 2.45) is 5.92 Å². The molecule has 1 amide bonds. The molecule has 0 bridgehead atoms. The molecule has 1 N–H and O–H groups in total. The van der Waals surface area contributed by atoms with Crippen LogP contribution in [-0.4, -0.2) is 34.6 Å². The van der Waals surface area contributed by atoms with E-state index in [1.807, 2.05) is 35.2 Å². The van der Waals surface area contributed by atoms with Gasteiger partial charge in [-0.15, -0.1) is 0 Å². The second-order valence-electron chi connectivity index (χ2n) is 6.44. The second-order valence-corrected chi connectivity index (χ2v) is 6.44. The fourth-order valence-electron chi connectivity index (χ4n) is 3.25. The molecular formula is C18H27NO2. The summed E-state index contributed by atoms with van der Waals surface area (Å²) in [6.07, 6.45) is 2.69. The fraction of sp³-hybridized carbons (Fsp3) is 0.611. The normalized spacial score (nSPS) is 19.7. The van der Waals surface area contributed by atoms with Crippen molar-refractivity contribution < 1.29 is 9.90 Å². The van der Waals surface area contributed by atoms with Gasteiger partial charge >= 0.3 is 0 Å². The number of carbonyl (C=O) groups excluding carboxylic acids is 1. The van der Waals surface area contributed by atoms with Crippen LogP contribution in [0.5, 0.6) is 0 Å². The molecule has 0 radical (unpaired) electrons. The van der Waals surface area contributed by atoms with Gasteiger partial charge in [-0.1, -0.05) is 63.9 Å².